The van der Waals surface area contributed by atoms with E-state index in [-0.39, 0.29) is 11.2 Å². The van der Waals surface area contributed by atoms with E-state index in [1.807, 2.05) is 19.1 Å². The van der Waals surface area contributed by atoms with Crippen LogP contribution in [0.1, 0.15) is 11.1 Å². The Morgan fingerprint density at radius 3 is 2.96 bits per heavy atom. The highest BCUT2D eigenvalue weighted by Gasteiger charge is 2.27. The van der Waals surface area contributed by atoms with Crippen LogP contribution in [0.2, 0.25) is 0 Å². The maximum atomic E-state index is 11.8. The van der Waals surface area contributed by atoms with Gasteiger partial charge in [-0.2, -0.15) is 4.68 Å². The lowest BCUT2D eigenvalue weighted by Gasteiger charge is -2.30. The Balaban J connectivity index is 1.79. The summed E-state index contributed by atoms with van der Waals surface area (Å²) in [5.74, 6) is 0.690. The molecule has 1 aliphatic rings. The lowest BCUT2D eigenvalue weighted by molar-refractivity contribution is -0.140. The first kappa shape index (κ1) is 18.1. The van der Waals surface area contributed by atoms with Crippen molar-refractivity contribution >= 4 is 29.9 Å². The van der Waals surface area contributed by atoms with E-state index in [0.29, 0.717) is 18.0 Å². The zero-order valence-electron chi connectivity index (χ0n) is 14.5. The molecular formula is C16H21N5O2S2. The first-order chi connectivity index (χ1) is 12.0. The third-order valence-corrected chi connectivity index (χ3v) is 5.94. The molecule has 1 saturated heterocycles. The second-order valence-electron chi connectivity index (χ2n) is 5.99. The maximum absolute atomic E-state index is 11.8. The lowest BCUT2D eigenvalue weighted by Crippen LogP contribution is -2.42. The van der Waals surface area contributed by atoms with Gasteiger partial charge in [0.15, 0.2) is 0 Å². The summed E-state index contributed by atoms with van der Waals surface area (Å²) in [6, 6.07) is 6.04. The van der Waals surface area contributed by atoms with E-state index >= 15 is 0 Å². The standard InChI is InChI=1S/C16H21N5O2S2/c1-11-5-4-6-13(12(11)2)21-16(24)20(17-18-21)10-19-7-8-25-14(9-19)15(22)23-3/h4-6,14H,7-10H2,1-3H3/t14-/m0/s1. The predicted octanol–water partition coefficient (Wildman–Crippen LogP) is 1.96. The van der Waals surface area contributed by atoms with Crippen molar-refractivity contribution in [2.75, 3.05) is 26.0 Å². The van der Waals surface area contributed by atoms with Crippen LogP contribution in [-0.2, 0) is 16.2 Å². The molecule has 1 aliphatic heterocycles. The molecule has 0 spiro atoms. The van der Waals surface area contributed by atoms with Crippen molar-refractivity contribution in [3.8, 4) is 5.69 Å². The van der Waals surface area contributed by atoms with Crippen molar-refractivity contribution in [1.29, 1.82) is 0 Å². The van der Waals surface area contributed by atoms with Crippen molar-refractivity contribution in [3.63, 3.8) is 0 Å². The summed E-state index contributed by atoms with van der Waals surface area (Å²) in [5.41, 5.74) is 3.26. The number of nitrogens with zero attached hydrogens (tertiary/aromatic N) is 5. The van der Waals surface area contributed by atoms with E-state index in [2.05, 4.69) is 28.3 Å². The number of carbonyl (C=O) groups excluding carboxylic acids is 1. The molecule has 0 radical (unpaired) electrons. The highest BCUT2D eigenvalue weighted by Crippen LogP contribution is 2.21. The minimum absolute atomic E-state index is 0.165. The number of tetrazole rings is 1. The quantitative estimate of drug-likeness (QED) is 0.594. The minimum atomic E-state index is -0.183. The number of hydrogen-bond acceptors (Lipinski definition) is 7. The number of thioether (sulfide) groups is 1. The molecule has 0 unspecified atom stereocenters. The number of methoxy groups -OCH3 is 1. The third-order valence-electron chi connectivity index (χ3n) is 4.39. The number of rotatable bonds is 4. The molecule has 134 valence electrons. The topological polar surface area (TPSA) is 65.2 Å². The number of aromatic nitrogens is 4. The van der Waals surface area contributed by atoms with Gasteiger partial charge in [-0.25, -0.2) is 4.68 Å². The molecule has 2 heterocycles. The van der Waals surface area contributed by atoms with Gasteiger partial charge in [0.2, 0.25) is 4.77 Å². The fraction of sp³-hybridized carbons (Fsp3) is 0.500. The SMILES string of the molecule is COC(=O)[C@@H]1CN(Cn2nnn(-c3cccc(C)c3C)c2=S)CCS1. The molecule has 0 amide bonds. The summed E-state index contributed by atoms with van der Waals surface area (Å²) in [6.07, 6.45) is 0. The van der Waals surface area contributed by atoms with Crippen LogP contribution in [0.3, 0.4) is 0 Å². The Morgan fingerprint density at radius 1 is 1.40 bits per heavy atom. The number of aryl methyl sites for hydroxylation is 1. The Morgan fingerprint density at radius 2 is 2.20 bits per heavy atom. The smallest absolute Gasteiger partial charge is 0.320 e. The average Bonchev–Trinajstić information content (AvgIpc) is 2.97. The van der Waals surface area contributed by atoms with Crippen LogP contribution in [0.4, 0.5) is 0 Å². The van der Waals surface area contributed by atoms with Gasteiger partial charge >= 0.3 is 5.97 Å². The monoisotopic (exact) mass is 379 g/mol. The Hall–Kier alpha value is -1.71. The summed E-state index contributed by atoms with van der Waals surface area (Å²) in [6.45, 7) is 6.11. The molecule has 0 bridgehead atoms. The molecule has 1 fully saturated rings. The van der Waals surface area contributed by atoms with E-state index in [1.54, 1.807) is 21.1 Å². The van der Waals surface area contributed by atoms with Gasteiger partial charge in [-0.3, -0.25) is 9.69 Å². The van der Waals surface area contributed by atoms with Gasteiger partial charge in [-0.15, -0.1) is 11.8 Å². The van der Waals surface area contributed by atoms with Crippen LogP contribution in [0.25, 0.3) is 5.69 Å². The van der Waals surface area contributed by atoms with Crippen LogP contribution < -0.4 is 0 Å². The molecule has 3 rings (SSSR count). The molecule has 9 heteroatoms. The molecule has 25 heavy (non-hydrogen) atoms. The molecule has 1 aromatic heterocycles. The molecule has 7 nitrogen and oxygen atoms in total. The number of carbonyl (C=O) groups is 1. The summed E-state index contributed by atoms with van der Waals surface area (Å²) in [4.78, 5) is 13.9. The van der Waals surface area contributed by atoms with Gasteiger partial charge in [-0.1, -0.05) is 12.1 Å². The summed E-state index contributed by atoms with van der Waals surface area (Å²) < 4.78 is 8.78. The average molecular weight is 380 g/mol. The fourth-order valence-corrected chi connectivity index (χ4v) is 4.20. The number of ether oxygens (including phenoxy) is 1. The summed E-state index contributed by atoms with van der Waals surface area (Å²) >= 11 is 7.19. The minimum Gasteiger partial charge on any atom is -0.468 e. The molecule has 1 atom stereocenters. The first-order valence-corrected chi connectivity index (χ1v) is 9.48. The van der Waals surface area contributed by atoms with Gasteiger partial charge in [0.1, 0.15) is 5.25 Å². The largest absolute Gasteiger partial charge is 0.468 e. The number of benzene rings is 1. The second kappa shape index (κ2) is 7.67. The Bertz CT molecular complexity index is 832. The zero-order chi connectivity index (χ0) is 18.0. The summed E-state index contributed by atoms with van der Waals surface area (Å²) in [7, 11) is 1.42. The number of hydrogen-bond donors (Lipinski definition) is 0. The van der Waals surface area contributed by atoms with Crippen molar-refractivity contribution in [3.05, 3.63) is 34.1 Å². The van der Waals surface area contributed by atoms with Crippen molar-refractivity contribution in [2.45, 2.75) is 25.8 Å². The highest BCUT2D eigenvalue weighted by atomic mass is 32.2. The van der Waals surface area contributed by atoms with Crippen molar-refractivity contribution in [1.82, 2.24) is 24.7 Å². The predicted molar refractivity (Wildman–Crippen MR) is 99.5 cm³/mol. The highest BCUT2D eigenvalue weighted by molar-refractivity contribution is 8.00. The van der Waals surface area contributed by atoms with Crippen LogP contribution in [-0.4, -0.2) is 61.9 Å². The second-order valence-corrected chi connectivity index (χ2v) is 7.67. The van der Waals surface area contributed by atoms with E-state index in [0.717, 1.165) is 23.5 Å². The molecule has 1 aromatic carbocycles. The van der Waals surface area contributed by atoms with Crippen LogP contribution in [0.15, 0.2) is 18.2 Å². The molecule has 0 N–H and O–H groups in total. The van der Waals surface area contributed by atoms with E-state index in [9.17, 15) is 4.79 Å². The molecule has 0 saturated carbocycles. The fourth-order valence-electron chi connectivity index (χ4n) is 2.77. The van der Waals surface area contributed by atoms with Gasteiger partial charge in [-0.05, 0) is 53.7 Å². The first-order valence-electron chi connectivity index (χ1n) is 8.02. The van der Waals surface area contributed by atoms with Crippen LogP contribution in [0.5, 0.6) is 0 Å². The van der Waals surface area contributed by atoms with Gasteiger partial charge < -0.3 is 4.74 Å². The van der Waals surface area contributed by atoms with Gasteiger partial charge in [0.25, 0.3) is 0 Å². The van der Waals surface area contributed by atoms with Crippen molar-refractivity contribution in [2.24, 2.45) is 0 Å². The normalized spacial score (nSPS) is 18.3. The van der Waals surface area contributed by atoms with Gasteiger partial charge in [0, 0.05) is 18.8 Å². The Labute approximate surface area is 155 Å². The van der Waals surface area contributed by atoms with Crippen LogP contribution >= 0.6 is 24.0 Å². The maximum Gasteiger partial charge on any atom is 0.320 e. The van der Waals surface area contributed by atoms with Gasteiger partial charge in [0.05, 0.1) is 19.5 Å². The number of esters is 1. The van der Waals surface area contributed by atoms with E-state index in [4.69, 9.17) is 17.0 Å². The lowest BCUT2D eigenvalue weighted by atomic mass is 10.1. The summed E-state index contributed by atoms with van der Waals surface area (Å²) in [5, 5.41) is 8.27. The molecule has 2 aromatic rings. The molecule has 0 aliphatic carbocycles. The van der Waals surface area contributed by atoms with E-state index < -0.39 is 0 Å². The molecular weight excluding hydrogens is 358 g/mol. The van der Waals surface area contributed by atoms with E-state index in [1.165, 1.54) is 12.7 Å². The Kier molecular flexibility index (Phi) is 5.55. The zero-order valence-corrected chi connectivity index (χ0v) is 16.1. The van der Waals surface area contributed by atoms with Crippen LogP contribution in [0, 0.1) is 18.6 Å². The van der Waals surface area contributed by atoms with Crippen molar-refractivity contribution < 1.29 is 9.53 Å². The third kappa shape index (κ3) is 3.78.